The lowest BCUT2D eigenvalue weighted by Crippen LogP contribution is -2.43. The predicted molar refractivity (Wildman–Crippen MR) is 122 cm³/mol. The van der Waals surface area contributed by atoms with Gasteiger partial charge in [-0.2, -0.15) is 0 Å². The fourth-order valence-corrected chi connectivity index (χ4v) is 4.78. The summed E-state index contributed by atoms with van der Waals surface area (Å²) in [7, 11) is 0. The third-order valence-electron chi connectivity index (χ3n) is 6.29. The number of benzene rings is 1. The Bertz CT molecular complexity index is 1190. The molecule has 0 bridgehead atoms. The normalized spacial score (nSPS) is 25.6. The van der Waals surface area contributed by atoms with Crippen molar-refractivity contribution in [1.82, 2.24) is 15.0 Å². The monoisotopic (exact) mass is 438 g/mol. The molecule has 0 saturated heterocycles. The molecule has 1 aliphatic heterocycles. The van der Waals surface area contributed by atoms with Gasteiger partial charge in [-0.1, -0.05) is 35.9 Å². The number of hydrogen-bond acceptors (Lipinski definition) is 8. The van der Waals surface area contributed by atoms with Crippen molar-refractivity contribution in [2.45, 2.75) is 31.1 Å². The van der Waals surface area contributed by atoms with Crippen molar-refractivity contribution in [2.24, 2.45) is 5.92 Å². The van der Waals surface area contributed by atoms with Crippen LogP contribution in [0.25, 0.3) is 17.0 Å². The van der Waals surface area contributed by atoms with E-state index in [9.17, 15) is 10.2 Å². The lowest BCUT2D eigenvalue weighted by atomic mass is 10.0. The fourth-order valence-electron chi connectivity index (χ4n) is 4.62. The number of aliphatic hydroxyl groups excluding tert-OH is 2. The van der Waals surface area contributed by atoms with Gasteiger partial charge in [0.2, 0.25) is 0 Å². The number of nitrogens with zero attached hydrogens (tertiary/aromatic N) is 4. The summed E-state index contributed by atoms with van der Waals surface area (Å²) in [6.45, 7) is 0.698. The van der Waals surface area contributed by atoms with Gasteiger partial charge in [0.05, 0.1) is 22.7 Å². The van der Waals surface area contributed by atoms with Crippen molar-refractivity contribution in [3.8, 4) is 0 Å². The minimum Gasteiger partial charge on any atom is -0.390 e. The molecule has 6 N–H and O–H groups in total. The van der Waals surface area contributed by atoms with Crippen molar-refractivity contribution in [3.63, 3.8) is 0 Å². The maximum Gasteiger partial charge on any atom is 0.142 e. The molecule has 1 saturated carbocycles. The van der Waals surface area contributed by atoms with Crippen LogP contribution in [0.1, 0.15) is 17.5 Å². The summed E-state index contributed by atoms with van der Waals surface area (Å²) in [6, 6.07) is 7.36. The van der Waals surface area contributed by atoms with Gasteiger partial charge in [-0.05, 0) is 30.5 Å². The molecule has 3 aromatic rings. The van der Waals surface area contributed by atoms with Gasteiger partial charge in [0, 0.05) is 23.4 Å². The largest absolute Gasteiger partial charge is 0.390 e. The summed E-state index contributed by atoms with van der Waals surface area (Å²) in [4.78, 5) is 14.8. The molecule has 1 aliphatic carbocycles. The van der Waals surface area contributed by atoms with Gasteiger partial charge in [-0.15, -0.1) is 0 Å². The Morgan fingerprint density at radius 1 is 1.10 bits per heavy atom. The van der Waals surface area contributed by atoms with Gasteiger partial charge in [-0.3, -0.25) is 0 Å². The summed E-state index contributed by atoms with van der Waals surface area (Å²) < 4.78 is 0. The molecule has 8 nitrogen and oxygen atoms in total. The first-order valence-corrected chi connectivity index (χ1v) is 10.6. The van der Waals surface area contributed by atoms with E-state index in [1.165, 1.54) is 6.33 Å². The van der Waals surface area contributed by atoms with Crippen LogP contribution in [0.2, 0.25) is 5.02 Å². The second-order valence-electron chi connectivity index (χ2n) is 8.12. The van der Waals surface area contributed by atoms with Crippen LogP contribution in [0.3, 0.4) is 0 Å². The van der Waals surface area contributed by atoms with Crippen molar-refractivity contribution in [1.29, 1.82) is 0 Å². The zero-order chi connectivity index (χ0) is 21.7. The van der Waals surface area contributed by atoms with Crippen molar-refractivity contribution in [3.05, 3.63) is 52.8 Å². The van der Waals surface area contributed by atoms with Gasteiger partial charge < -0.3 is 26.6 Å². The van der Waals surface area contributed by atoms with Crippen LogP contribution >= 0.6 is 11.6 Å². The van der Waals surface area contributed by atoms with Gasteiger partial charge in [0.15, 0.2) is 0 Å². The van der Waals surface area contributed by atoms with E-state index in [4.69, 9.17) is 23.1 Å². The molecule has 31 heavy (non-hydrogen) atoms. The average molecular weight is 439 g/mol. The molecule has 5 rings (SSSR count). The average Bonchev–Trinajstić information content (AvgIpc) is 3.30. The number of fused-ring (bicyclic) bond motifs is 2. The first-order valence-electron chi connectivity index (χ1n) is 10.2. The molecule has 2 aliphatic rings. The van der Waals surface area contributed by atoms with Gasteiger partial charge in [0.25, 0.3) is 0 Å². The highest BCUT2D eigenvalue weighted by atomic mass is 35.5. The molecule has 160 valence electrons. The molecule has 2 aromatic heterocycles. The third-order valence-corrected chi connectivity index (χ3v) is 6.59. The predicted octanol–water partition coefficient (Wildman–Crippen LogP) is 2.03. The number of nitrogens with two attached hydrogens (primary N) is 2. The van der Waals surface area contributed by atoms with E-state index in [2.05, 4.69) is 15.0 Å². The Morgan fingerprint density at radius 2 is 1.94 bits per heavy atom. The van der Waals surface area contributed by atoms with Crippen LogP contribution in [0.5, 0.6) is 0 Å². The van der Waals surface area contributed by atoms with Gasteiger partial charge in [0.1, 0.15) is 29.9 Å². The number of anilines is 3. The molecular formula is C22H23ClN6O2. The van der Waals surface area contributed by atoms with E-state index in [1.807, 2.05) is 35.3 Å². The number of aromatic nitrogens is 3. The van der Waals surface area contributed by atoms with Crippen LogP contribution < -0.4 is 16.4 Å². The molecule has 4 atom stereocenters. The summed E-state index contributed by atoms with van der Waals surface area (Å²) >= 11 is 6.04. The van der Waals surface area contributed by atoms with Gasteiger partial charge in [-0.25, -0.2) is 15.0 Å². The highest BCUT2D eigenvalue weighted by Crippen LogP contribution is 2.38. The van der Waals surface area contributed by atoms with E-state index in [0.29, 0.717) is 29.6 Å². The van der Waals surface area contributed by atoms with Crippen molar-refractivity contribution < 1.29 is 10.2 Å². The van der Waals surface area contributed by atoms with E-state index in [-0.39, 0.29) is 12.0 Å². The molecular weight excluding hydrogens is 416 g/mol. The summed E-state index contributed by atoms with van der Waals surface area (Å²) in [6.07, 6.45) is 4.92. The van der Waals surface area contributed by atoms with E-state index in [1.54, 1.807) is 6.07 Å². The van der Waals surface area contributed by atoms with E-state index < -0.39 is 12.2 Å². The lowest BCUT2D eigenvalue weighted by molar-refractivity contribution is 0.0229. The maximum absolute atomic E-state index is 10.7. The first kappa shape index (κ1) is 20.0. The molecule has 3 heterocycles. The Morgan fingerprint density at radius 3 is 2.77 bits per heavy atom. The molecule has 0 spiro atoms. The molecule has 1 fully saturated rings. The Hall–Kier alpha value is -2.94. The van der Waals surface area contributed by atoms with Crippen LogP contribution in [0, 0.1) is 5.92 Å². The standard InChI is InChI=1S/C22H23ClN6O2/c23-15-8-12-3-1-11(7-16(12)28-21(15)25)2-4-13-9-17(19(31)18(13)30)29-6-5-14-20(24)26-10-27-22(14)29/h1-4,7-8,10,13,17-19,30-31H,5-6,9H2,(H2,25,28)(H2,24,26,27)/b4-2+/t13-,17+,18+,19-/m0/s1. The quantitative estimate of drug-likeness (QED) is 0.488. The highest BCUT2D eigenvalue weighted by Gasteiger charge is 2.45. The number of halogens is 1. The Kier molecular flexibility index (Phi) is 4.92. The molecule has 1 aromatic carbocycles. The molecule has 0 amide bonds. The first-order chi connectivity index (χ1) is 14.9. The number of pyridine rings is 1. The van der Waals surface area contributed by atoms with Crippen LogP contribution in [0.15, 0.2) is 36.7 Å². The minimum absolute atomic E-state index is 0.192. The number of aliphatic hydroxyl groups is 2. The lowest BCUT2D eigenvalue weighted by Gasteiger charge is -2.28. The second kappa shape index (κ2) is 7.64. The topological polar surface area (TPSA) is 134 Å². The van der Waals surface area contributed by atoms with Gasteiger partial charge >= 0.3 is 0 Å². The molecule has 0 unspecified atom stereocenters. The number of hydrogen-bond donors (Lipinski definition) is 4. The van der Waals surface area contributed by atoms with E-state index >= 15 is 0 Å². The number of nitrogen functional groups attached to an aromatic ring is 2. The zero-order valence-electron chi connectivity index (χ0n) is 16.7. The summed E-state index contributed by atoms with van der Waals surface area (Å²) in [5.74, 6) is 1.33. The highest BCUT2D eigenvalue weighted by molar-refractivity contribution is 6.33. The second-order valence-corrected chi connectivity index (χ2v) is 8.53. The van der Waals surface area contributed by atoms with Crippen LogP contribution in [-0.2, 0) is 6.42 Å². The number of rotatable bonds is 3. The Labute approximate surface area is 184 Å². The SMILES string of the molecule is Nc1nc2cc(/C=C/[C@H]3C[C@@H](N4CCc5c(N)ncnc54)[C@H](O)[C@@H]3O)ccc2cc1Cl. The minimum atomic E-state index is -0.878. The molecule has 0 radical (unpaired) electrons. The van der Waals surface area contributed by atoms with E-state index in [0.717, 1.165) is 34.3 Å². The maximum atomic E-state index is 10.7. The molecule has 9 heteroatoms. The van der Waals surface area contributed by atoms with Crippen molar-refractivity contribution >= 4 is 46.0 Å². The smallest absolute Gasteiger partial charge is 0.142 e. The third kappa shape index (κ3) is 3.46. The van der Waals surface area contributed by atoms with Crippen LogP contribution in [0.4, 0.5) is 17.5 Å². The zero-order valence-corrected chi connectivity index (χ0v) is 17.4. The Balaban J connectivity index is 1.36. The van der Waals surface area contributed by atoms with Crippen molar-refractivity contribution in [2.75, 3.05) is 22.9 Å². The summed E-state index contributed by atoms with van der Waals surface area (Å²) in [5, 5.41) is 22.8. The summed E-state index contributed by atoms with van der Waals surface area (Å²) in [5.41, 5.74) is 14.4. The fraction of sp³-hybridized carbons (Fsp3) is 0.318. The van der Waals surface area contributed by atoms with Crippen LogP contribution in [-0.4, -0.2) is 50.0 Å².